The van der Waals surface area contributed by atoms with E-state index in [9.17, 15) is 23.6 Å². The molecule has 2 rings (SSSR count). The molecule has 0 spiro atoms. The Bertz CT molecular complexity index is 880. The highest BCUT2D eigenvalue weighted by atomic mass is 19.1. The van der Waals surface area contributed by atoms with Gasteiger partial charge in [0.05, 0.1) is 12.0 Å². The van der Waals surface area contributed by atoms with E-state index in [-0.39, 0.29) is 24.2 Å². The van der Waals surface area contributed by atoms with Crippen LogP contribution >= 0.6 is 0 Å². The number of carbonyl (C=O) groups excluding carboxylic acids is 4. The van der Waals surface area contributed by atoms with Crippen LogP contribution in [0.5, 0.6) is 0 Å². The summed E-state index contributed by atoms with van der Waals surface area (Å²) in [4.78, 5) is 46.9. The number of ether oxygens (including phenoxy) is 1. The number of carbonyl (C=O) groups is 4. The molecule has 0 heterocycles. The number of aryl methyl sites for hydroxylation is 1. The quantitative estimate of drug-likeness (QED) is 0.431. The van der Waals surface area contributed by atoms with E-state index in [0.717, 1.165) is 11.6 Å². The largest absolute Gasteiger partial charge is 0.455 e. The predicted octanol–water partition coefficient (Wildman–Crippen LogP) is 2.10. The second-order valence-electron chi connectivity index (χ2n) is 5.93. The van der Waals surface area contributed by atoms with Crippen molar-refractivity contribution in [2.75, 3.05) is 6.61 Å². The molecular weight excluding hydrogens is 367 g/mol. The van der Waals surface area contributed by atoms with Crippen molar-refractivity contribution in [1.29, 1.82) is 0 Å². The summed E-state index contributed by atoms with van der Waals surface area (Å²) in [6.07, 6.45) is -0.227. The lowest BCUT2D eigenvalue weighted by molar-refractivity contribution is -0.148. The number of rotatable bonds is 7. The van der Waals surface area contributed by atoms with E-state index in [1.54, 1.807) is 24.3 Å². The fourth-order valence-electron chi connectivity index (χ4n) is 2.19. The Kier molecular flexibility index (Phi) is 7.38. The van der Waals surface area contributed by atoms with Gasteiger partial charge >= 0.3 is 5.97 Å². The van der Waals surface area contributed by atoms with Crippen molar-refractivity contribution >= 4 is 23.6 Å². The number of esters is 1. The first-order chi connectivity index (χ1) is 13.4. The summed E-state index contributed by atoms with van der Waals surface area (Å²) >= 11 is 0. The zero-order chi connectivity index (χ0) is 20.5. The van der Waals surface area contributed by atoms with Gasteiger partial charge in [-0.3, -0.25) is 30.0 Å². The SMILES string of the molecule is Cc1ccc(C(=O)CCC(=O)OCC(=O)NNC(=O)c2ccccc2F)cc1. The standard InChI is InChI=1S/C20H19FN2O5/c1-13-6-8-14(9-7-13)17(24)10-11-19(26)28-12-18(25)22-23-20(27)15-4-2-3-5-16(15)21/h2-9H,10-12H2,1H3,(H,22,25)(H,23,27). The highest BCUT2D eigenvalue weighted by Crippen LogP contribution is 2.08. The molecule has 2 amide bonds. The van der Waals surface area contributed by atoms with Crippen LogP contribution in [-0.2, 0) is 14.3 Å². The second-order valence-corrected chi connectivity index (χ2v) is 5.93. The maximum Gasteiger partial charge on any atom is 0.306 e. The van der Waals surface area contributed by atoms with E-state index < -0.39 is 30.2 Å². The summed E-state index contributed by atoms with van der Waals surface area (Å²) in [5, 5.41) is 0. The monoisotopic (exact) mass is 386 g/mol. The topological polar surface area (TPSA) is 102 Å². The molecule has 0 radical (unpaired) electrons. The van der Waals surface area contributed by atoms with Crippen LogP contribution < -0.4 is 10.9 Å². The van der Waals surface area contributed by atoms with Gasteiger partial charge in [0, 0.05) is 12.0 Å². The van der Waals surface area contributed by atoms with Crippen molar-refractivity contribution in [3.05, 3.63) is 71.0 Å². The summed E-state index contributed by atoms with van der Waals surface area (Å²) in [5.74, 6) is -3.32. The average molecular weight is 386 g/mol. The number of Topliss-reactive ketones (excluding diaryl/α,β-unsaturated/α-hetero) is 1. The van der Waals surface area contributed by atoms with Crippen LogP contribution in [0.15, 0.2) is 48.5 Å². The molecule has 0 aromatic heterocycles. The molecule has 146 valence electrons. The summed E-state index contributed by atoms with van der Waals surface area (Å²) in [6.45, 7) is 1.25. The van der Waals surface area contributed by atoms with Crippen LogP contribution in [0.3, 0.4) is 0 Å². The molecule has 0 saturated heterocycles. The minimum absolute atomic E-state index is 0.0481. The smallest absolute Gasteiger partial charge is 0.306 e. The number of amides is 2. The molecule has 7 nitrogen and oxygen atoms in total. The first-order valence-electron chi connectivity index (χ1n) is 8.46. The molecule has 0 aliphatic carbocycles. The van der Waals surface area contributed by atoms with E-state index >= 15 is 0 Å². The lowest BCUT2D eigenvalue weighted by Gasteiger charge is -2.08. The molecule has 2 N–H and O–H groups in total. The van der Waals surface area contributed by atoms with Crippen molar-refractivity contribution in [2.45, 2.75) is 19.8 Å². The maximum absolute atomic E-state index is 13.4. The highest BCUT2D eigenvalue weighted by molar-refractivity contribution is 5.98. The molecule has 0 fully saturated rings. The van der Waals surface area contributed by atoms with Gasteiger partial charge in [-0.25, -0.2) is 4.39 Å². The Morgan fingerprint density at radius 3 is 2.29 bits per heavy atom. The molecule has 0 aliphatic heterocycles. The van der Waals surface area contributed by atoms with E-state index in [1.165, 1.54) is 18.2 Å². The highest BCUT2D eigenvalue weighted by Gasteiger charge is 2.14. The Morgan fingerprint density at radius 1 is 0.929 bits per heavy atom. The fraction of sp³-hybridized carbons (Fsp3) is 0.200. The van der Waals surface area contributed by atoms with Gasteiger partial charge in [-0.1, -0.05) is 42.0 Å². The van der Waals surface area contributed by atoms with E-state index in [4.69, 9.17) is 4.74 Å². The molecule has 0 saturated carbocycles. The average Bonchev–Trinajstić information content (AvgIpc) is 2.69. The van der Waals surface area contributed by atoms with Gasteiger partial charge < -0.3 is 4.74 Å². The maximum atomic E-state index is 13.4. The molecule has 0 aliphatic rings. The van der Waals surface area contributed by atoms with Crippen LogP contribution in [-0.4, -0.2) is 30.2 Å². The minimum atomic E-state index is -0.846. The molecule has 2 aromatic rings. The number of hydrogen-bond donors (Lipinski definition) is 2. The van der Waals surface area contributed by atoms with E-state index in [2.05, 4.69) is 0 Å². The number of benzene rings is 2. The zero-order valence-corrected chi connectivity index (χ0v) is 15.2. The van der Waals surface area contributed by atoms with E-state index in [0.29, 0.717) is 5.56 Å². The van der Waals surface area contributed by atoms with Crippen molar-refractivity contribution in [3.8, 4) is 0 Å². The Balaban J connectivity index is 1.68. The van der Waals surface area contributed by atoms with Gasteiger partial charge in [0.2, 0.25) is 0 Å². The predicted molar refractivity (Wildman–Crippen MR) is 97.7 cm³/mol. The molecule has 0 atom stereocenters. The minimum Gasteiger partial charge on any atom is -0.455 e. The number of hydrazine groups is 1. The fourth-order valence-corrected chi connectivity index (χ4v) is 2.19. The first-order valence-corrected chi connectivity index (χ1v) is 8.46. The van der Waals surface area contributed by atoms with Crippen molar-refractivity contribution < 1.29 is 28.3 Å². The van der Waals surface area contributed by atoms with Gasteiger partial charge in [0.15, 0.2) is 12.4 Å². The number of nitrogens with one attached hydrogen (secondary N) is 2. The molecule has 8 heteroatoms. The number of ketones is 1. The van der Waals surface area contributed by atoms with Crippen molar-refractivity contribution in [1.82, 2.24) is 10.9 Å². The lowest BCUT2D eigenvalue weighted by Crippen LogP contribution is -2.43. The first kappa shape index (κ1) is 20.8. The number of hydrogen-bond acceptors (Lipinski definition) is 5. The van der Waals surface area contributed by atoms with E-state index in [1.807, 2.05) is 17.8 Å². The molecule has 28 heavy (non-hydrogen) atoms. The van der Waals surface area contributed by atoms with Gasteiger partial charge in [0.1, 0.15) is 5.82 Å². The van der Waals surface area contributed by atoms with Gasteiger partial charge in [-0.15, -0.1) is 0 Å². The van der Waals surface area contributed by atoms with Crippen LogP contribution in [0, 0.1) is 12.7 Å². The molecule has 0 unspecified atom stereocenters. The van der Waals surface area contributed by atoms with Crippen molar-refractivity contribution in [2.24, 2.45) is 0 Å². The normalized spacial score (nSPS) is 10.1. The molecule has 2 aromatic carbocycles. The molecule has 0 bridgehead atoms. The Hall–Kier alpha value is -3.55. The Labute approximate surface area is 160 Å². The van der Waals surface area contributed by atoms with Gasteiger partial charge in [-0.05, 0) is 19.1 Å². The van der Waals surface area contributed by atoms with Crippen LogP contribution in [0.25, 0.3) is 0 Å². The van der Waals surface area contributed by atoms with Crippen LogP contribution in [0.1, 0.15) is 39.1 Å². The zero-order valence-electron chi connectivity index (χ0n) is 15.2. The third-order valence-corrected chi connectivity index (χ3v) is 3.73. The van der Waals surface area contributed by atoms with Crippen LogP contribution in [0.4, 0.5) is 4.39 Å². The summed E-state index contributed by atoms with van der Waals surface area (Å²) < 4.78 is 18.2. The summed E-state index contributed by atoms with van der Waals surface area (Å²) in [6, 6.07) is 12.2. The van der Waals surface area contributed by atoms with Crippen molar-refractivity contribution in [3.63, 3.8) is 0 Å². The summed E-state index contributed by atoms with van der Waals surface area (Å²) in [5.41, 5.74) is 5.29. The third-order valence-electron chi connectivity index (χ3n) is 3.73. The van der Waals surface area contributed by atoms with Gasteiger partial charge in [0.25, 0.3) is 11.8 Å². The second kappa shape index (κ2) is 9.96. The third kappa shape index (κ3) is 6.31. The summed E-state index contributed by atoms with van der Waals surface area (Å²) in [7, 11) is 0. The number of halogens is 1. The lowest BCUT2D eigenvalue weighted by atomic mass is 10.1. The molecular formula is C20H19FN2O5. The van der Waals surface area contributed by atoms with Gasteiger partial charge in [-0.2, -0.15) is 0 Å². The van der Waals surface area contributed by atoms with Crippen LogP contribution in [0.2, 0.25) is 0 Å². The Morgan fingerprint density at radius 2 is 1.61 bits per heavy atom.